The normalized spacial score (nSPS) is 11.8. The lowest BCUT2D eigenvalue weighted by molar-refractivity contribution is -0.138. The molecule has 0 radical (unpaired) electrons. The summed E-state index contributed by atoms with van der Waals surface area (Å²) in [6.07, 6.45) is -2.39. The van der Waals surface area contributed by atoms with Crippen LogP contribution in [0.3, 0.4) is 0 Å². The summed E-state index contributed by atoms with van der Waals surface area (Å²) >= 11 is 5.60. The van der Waals surface area contributed by atoms with E-state index >= 15 is 0 Å². The van der Waals surface area contributed by atoms with Crippen LogP contribution in [-0.4, -0.2) is 11.5 Å². The molecule has 1 rings (SSSR count). The van der Waals surface area contributed by atoms with Gasteiger partial charge in [-0.2, -0.15) is 13.2 Å². The Kier molecular flexibility index (Phi) is 3.34. The molecule has 0 unspecified atom stereocenters. The van der Waals surface area contributed by atoms with Gasteiger partial charge in [0.15, 0.2) is 0 Å². The third kappa shape index (κ3) is 2.36. The van der Waals surface area contributed by atoms with E-state index < -0.39 is 11.7 Å². The molecule has 0 atom stereocenters. The Balaban J connectivity index is 3.21. The molecule has 0 aromatic carbocycles. The predicted molar refractivity (Wildman–Crippen MR) is 47.0 cm³/mol. The average molecular weight is 225 g/mol. The molecule has 1 heterocycles. The Morgan fingerprint density at radius 1 is 1.36 bits per heavy atom. The zero-order valence-corrected chi connectivity index (χ0v) is 7.86. The SMILES string of the molecule is NCCc1c(Cl)cncc1C(F)(F)F. The van der Waals surface area contributed by atoms with Crippen molar-refractivity contribution in [3.8, 4) is 0 Å². The number of hydrogen-bond donors (Lipinski definition) is 1. The topological polar surface area (TPSA) is 38.9 Å². The van der Waals surface area contributed by atoms with Gasteiger partial charge in [0.1, 0.15) is 0 Å². The van der Waals surface area contributed by atoms with E-state index in [1.54, 1.807) is 0 Å². The van der Waals surface area contributed by atoms with Crippen molar-refractivity contribution in [3.05, 3.63) is 28.5 Å². The first-order valence-corrected chi connectivity index (χ1v) is 4.24. The van der Waals surface area contributed by atoms with E-state index in [9.17, 15) is 13.2 Å². The van der Waals surface area contributed by atoms with Crippen molar-refractivity contribution in [2.24, 2.45) is 5.73 Å². The number of alkyl halides is 3. The fraction of sp³-hybridized carbons (Fsp3) is 0.375. The number of pyridine rings is 1. The van der Waals surface area contributed by atoms with Crippen LogP contribution in [0.2, 0.25) is 5.02 Å². The molecule has 6 heteroatoms. The molecular weight excluding hydrogens is 217 g/mol. The first-order valence-electron chi connectivity index (χ1n) is 3.86. The Labute approximate surface area is 83.9 Å². The lowest BCUT2D eigenvalue weighted by Gasteiger charge is -2.12. The molecule has 0 aliphatic rings. The summed E-state index contributed by atoms with van der Waals surface area (Å²) in [5.41, 5.74) is 4.40. The minimum absolute atomic E-state index is 0.00488. The standard InChI is InChI=1S/C8H8ClF3N2/c9-7-4-14-3-6(8(10,11)12)5(7)1-2-13/h3-4H,1-2,13H2. The zero-order chi connectivity index (χ0) is 10.8. The number of nitrogens with zero attached hydrogens (tertiary/aromatic N) is 1. The molecule has 0 saturated carbocycles. The summed E-state index contributed by atoms with van der Waals surface area (Å²) in [5.74, 6) is 0. The van der Waals surface area contributed by atoms with Crippen LogP contribution in [0.4, 0.5) is 13.2 Å². The van der Waals surface area contributed by atoms with Gasteiger partial charge in [-0.3, -0.25) is 4.98 Å². The van der Waals surface area contributed by atoms with E-state index in [0.29, 0.717) is 0 Å². The number of aromatic nitrogens is 1. The van der Waals surface area contributed by atoms with Gasteiger partial charge in [0.2, 0.25) is 0 Å². The maximum atomic E-state index is 12.4. The first-order chi connectivity index (χ1) is 6.46. The van der Waals surface area contributed by atoms with Crippen LogP contribution < -0.4 is 5.73 Å². The van der Waals surface area contributed by atoms with E-state index in [-0.39, 0.29) is 23.6 Å². The molecule has 0 aliphatic carbocycles. The smallest absolute Gasteiger partial charge is 0.330 e. The molecule has 1 aromatic heterocycles. The second-order valence-corrected chi connectivity index (χ2v) is 3.09. The fourth-order valence-electron chi connectivity index (χ4n) is 1.10. The van der Waals surface area contributed by atoms with Crippen LogP contribution in [0.5, 0.6) is 0 Å². The van der Waals surface area contributed by atoms with Crippen molar-refractivity contribution in [2.75, 3.05) is 6.54 Å². The van der Waals surface area contributed by atoms with Crippen LogP contribution in [0.1, 0.15) is 11.1 Å². The Bertz CT molecular complexity index is 325. The highest BCUT2D eigenvalue weighted by molar-refractivity contribution is 6.31. The van der Waals surface area contributed by atoms with Crippen molar-refractivity contribution in [2.45, 2.75) is 12.6 Å². The number of hydrogen-bond acceptors (Lipinski definition) is 2. The van der Waals surface area contributed by atoms with E-state index in [2.05, 4.69) is 4.98 Å². The maximum Gasteiger partial charge on any atom is 0.418 e. The van der Waals surface area contributed by atoms with Gasteiger partial charge < -0.3 is 5.73 Å². The van der Waals surface area contributed by atoms with Crippen molar-refractivity contribution < 1.29 is 13.2 Å². The molecule has 2 N–H and O–H groups in total. The lowest BCUT2D eigenvalue weighted by Crippen LogP contribution is -2.13. The van der Waals surface area contributed by atoms with E-state index in [1.807, 2.05) is 0 Å². The fourth-order valence-corrected chi connectivity index (χ4v) is 1.36. The molecule has 0 fully saturated rings. The molecule has 2 nitrogen and oxygen atoms in total. The Morgan fingerprint density at radius 2 is 2.00 bits per heavy atom. The van der Waals surface area contributed by atoms with E-state index in [4.69, 9.17) is 17.3 Å². The van der Waals surface area contributed by atoms with Crippen molar-refractivity contribution in [1.29, 1.82) is 0 Å². The quantitative estimate of drug-likeness (QED) is 0.837. The molecule has 78 valence electrons. The van der Waals surface area contributed by atoms with E-state index in [1.165, 1.54) is 6.20 Å². The maximum absolute atomic E-state index is 12.4. The number of halogens is 4. The van der Waals surface area contributed by atoms with Crippen molar-refractivity contribution >= 4 is 11.6 Å². The van der Waals surface area contributed by atoms with Crippen LogP contribution >= 0.6 is 11.6 Å². The Hall–Kier alpha value is -0.810. The van der Waals surface area contributed by atoms with Crippen LogP contribution in [0, 0.1) is 0 Å². The lowest BCUT2D eigenvalue weighted by atomic mass is 10.1. The molecule has 0 bridgehead atoms. The Morgan fingerprint density at radius 3 is 2.50 bits per heavy atom. The van der Waals surface area contributed by atoms with Gasteiger partial charge in [-0.15, -0.1) is 0 Å². The minimum Gasteiger partial charge on any atom is -0.330 e. The van der Waals surface area contributed by atoms with Gasteiger partial charge in [-0.25, -0.2) is 0 Å². The molecule has 1 aromatic rings. The monoisotopic (exact) mass is 224 g/mol. The van der Waals surface area contributed by atoms with Gasteiger partial charge in [-0.1, -0.05) is 11.6 Å². The van der Waals surface area contributed by atoms with Gasteiger partial charge >= 0.3 is 6.18 Å². The van der Waals surface area contributed by atoms with Gasteiger partial charge in [-0.05, 0) is 18.5 Å². The van der Waals surface area contributed by atoms with Crippen LogP contribution in [0.15, 0.2) is 12.4 Å². The molecular formula is C8H8ClF3N2. The largest absolute Gasteiger partial charge is 0.418 e. The van der Waals surface area contributed by atoms with Gasteiger partial charge in [0.05, 0.1) is 10.6 Å². The molecule has 14 heavy (non-hydrogen) atoms. The summed E-state index contributed by atoms with van der Waals surface area (Å²) in [5, 5.41) is 0.00488. The van der Waals surface area contributed by atoms with Crippen molar-refractivity contribution in [1.82, 2.24) is 4.98 Å². The zero-order valence-electron chi connectivity index (χ0n) is 7.11. The predicted octanol–water partition coefficient (Wildman–Crippen LogP) is 2.25. The molecule has 0 amide bonds. The third-order valence-corrected chi connectivity index (χ3v) is 2.03. The van der Waals surface area contributed by atoms with Crippen molar-refractivity contribution in [3.63, 3.8) is 0 Å². The van der Waals surface area contributed by atoms with Gasteiger partial charge in [0, 0.05) is 12.4 Å². The first kappa shape index (κ1) is 11.3. The van der Waals surface area contributed by atoms with Gasteiger partial charge in [0.25, 0.3) is 0 Å². The summed E-state index contributed by atoms with van der Waals surface area (Å²) in [6, 6.07) is 0. The minimum atomic E-state index is -4.43. The summed E-state index contributed by atoms with van der Waals surface area (Å²) in [6.45, 7) is 0.118. The highest BCUT2D eigenvalue weighted by atomic mass is 35.5. The molecule has 0 spiro atoms. The highest BCUT2D eigenvalue weighted by Crippen LogP contribution is 2.34. The highest BCUT2D eigenvalue weighted by Gasteiger charge is 2.34. The second-order valence-electron chi connectivity index (χ2n) is 2.68. The van der Waals surface area contributed by atoms with Crippen LogP contribution in [0.25, 0.3) is 0 Å². The van der Waals surface area contributed by atoms with Crippen LogP contribution in [-0.2, 0) is 12.6 Å². The summed E-state index contributed by atoms with van der Waals surface area (Å²) < 4.78 is 37.2. The summed E-state index contributed by atoms with van der Waals surface area (Å²) in [4.78, 5) is 3.40. The second kappa shape index (κ2) is 4.14. The summed E-state index contributed by atoms with van der Waals surface area (Å²) in [7, 11) is 0. The van der Waals surface area contributed by atoms with E-state index in [0.717, 1.165) is 6.20 Å². The molecule has 0 saturated heterocycles. The third-order valence-electron chi connectivity index (χ3n) is 1.70. The molecule has 0 aliphatic heterocycles. The number of nitrogens with two attached hydrogens (primary N) is 1. The number of rotatable bonds is 2. The average Bonchev–Trinajstić information content (AvgIpc) is 2.07.